The lowest BCUT2D eigenvalue weighted by Crippen LogP contribution is -2.50. The van der Waals surface area contributed by atoms with Gasteiger partial charge in [0.15, 0.2) is 0 Å². The summed E-state index contributed by atoms with van der Waals surface area (Å²) < 4.78 is 0. The highest BCUT2D eigenvalue weighted by Crippen LogP contribution is 2.08. The lowest BCUT2D eigenvalue weighted by atomic mass is 10.4. The maximum Gasteiger partial charge on any atom is 0.0447 e. The zero-order valence-electron chi connectivity index (χ0n) is 8.57. The molecule has 0 bridgehead atoms. The molecule has 14 heavy (non-hydrogen) atoms. The van der Waals surface area contributed by atoms with Crippen molar-refractivity contribution < 1.29 is 0 Å². The summed E-state index contributed by atoms with van der Waals surface area (Å²) in [5.74, 6) is 0. The van der Waals surface area contributed by atoms with E-state index in [0.29, 0.717) is 0 Å². The van der Waals surface area contributed by atoms with E-state index in [4.69, 9.17) is 0 Å². The Balaban J connectivity index is 1.71. The van der Waals surface area contributed by atoms with Crippen molar-refractivity contribution in [1.82, 2.24) is 15.3 Å². The van der Waals surface area contributed by atoms with Gasteiger partial charge in [-0.3, -0.25) is 0 Å². The van der Waals surface area contributed by atoms with Crippen molar-refractivity contribution in [2.75, 3.05) is 33.2 Å². The predicted molar refractivity (Wildman–Crippen MR) is 60.2 cm³/mol. The van der Waals surface area contributed by atoms with Crippen LogP contribution in [0.5, 0.6) is 0 Å². The van der Waals surface area contributed by atoms with Crippen LogP contribution in [0.1, 0.15) is 4.88 Å². The van der Waals surface area contributed by atoms with Gasteiger partial charge < -0.3 is 4.90 Å². The van der Waals surface area contributed by atoms with Gasteiger partial charge in [-0.1, -0.05) is 6.07 Å². The summed E-state index contributed by atoms with van der Waals surface area (Å²) >= 11 is 1.81. The average Bonchev–Trinajstić information content (AvgIpc) is 2.70. The molecule has 1 N–H and O–H groups in total. The van der Waals surface area contributed by atoms with E-state index in [2.05, 4.69) is 39.9 Å². The Morgan fingerprint density at radius 3 is 2.79 bits per heavy atom. The van der Waals surface area contributed by atoms with E-state index < -0.39 is 0 Å². The molecule has 78 valence electrons. The number of piperazine rings is 1. The number of hydrogen-bond donors (Lipinski definition) is 1. The number of nitrogens with one attached hydrogen (secondary N) is 1. The highest BCUT2D eigenvalue weighted by Gasteiger charge is 2.12. The Labute approximate surface area is 89.3 Å². The van der Waals surface area contributed by atoms with E-state index in [-0.39, 0.29) is 0 Å². The van der Waals surface area contributed by atoms with Crippen LogP contribution in [0.15, 0.2) is 17.5 Å². The number of nitrogens with zero attached hydrogens (tertiary/aromatic N) is 2. The minimum Gasteiger partial charge on any atom is -0.304 e. The third-order valence-electron chi connectivity index (χ3n) is 2.56. The third kappa shape index (κ3) is 2.78. The first kappa shape index (κ1) is 10.1. The summed E-state index contributed by atoms with van der Waals surface area (Å²) in [5, 5.41) is 4.45. The molecule has 1 saturated heterocycles. The van der Waals surface area contributed by atoms with E-state index in [0.717, 1.165) is 32.7 Å². The second kappa shape index (κ2) is 4.89. The van der Waals surface area contributed by atoms with Crippen molar-refractivity contribution in [3.8, 4) is 0 Å². The maximum atomic E-state index is 3.46. The van der Waals surface area contributed by atoms with Crippen LogP contribution in [-0.4, -0.2) is 43.1 Å². The van der Waals surface area contributed by atoms with Crippen LogP contribution in [-0.2, 0) is 6.54 Å². The predicted octanol–water partition coefficient (Wildman–Crippen LogP) is 1.00. The van der Waals surface area contributed by atoms with E-state index in [1.807, 2.05) is 11.3 Å². The van der Waals surface area contributed by atoms with Crippen molar-refractivity contribution in [2.45, 2.75) is 6.54 Å². The molecule has 1 aliphatic heterocycles. The van der Waals surface area contributed by atoms with Gasteiger partial charge in [0.25, 0.3) is 0 Å². The fourth-order valence-electron chi connectivity index (χ4n) is 1.57. The van der Waals surface area contributed by atoms with Gasteiger partial charge in [-0.2, -0.15) is 0 Å². The molecule has 0 spiro atoms. The molecule has 0 amide bonds. The first-order valence-corrected chi connectivity index (χ1v) is 5.92. The standard InChI is InChI=1S/C10H17N3S/c1-12-4-6-13(7-5-12)11-9-10-3-2-8-14-10/h2-3,8,11H,4-7,9H2,1H3. The van der Waals surface area contributed by atoms with Crippen LogP contribution in [0, 0.1) is 0 Å². The molecule has 2 rings (SSSR count). The van der Waals surface area contributed by atoms with Gasteiger partial charge in [-0.25, -0.2) is 10.4 Å². The van der Waals surface area contributed by atoms with Crippen LogP contribution in [0.3, 0.4) is 0 Å². The highest BCUT2D eigenvalue weighted by molar-refractivity contribution is 7.09. The van der Waals surface area contributed by atoms with Gasteiger partial charge in [0.05, 0.1) is 0 Å². The number of hydrogen-bond acceptors (Lipinski definition) is 4. The quantitative estimate of drug-likeness (QED) is 0.804. The molecule has 0 aliphatic carbocycles. The van der Waals surface area contributed by atoms with Gasteiger partial charge >= 0.3 is 0 Å². The summed E-state index contributed by atoms with van der Waals surface area (Å²) in [6, 6.07) is 4.28. The number of thiophene rings is 1. The largest absolute Gasteiger partial charge is 0.304 e. The smallest absolute Gasteiger partial charge is 0.0447 e. The number of rotatable bonds is 3. The van der Waals surface area contributed by atoms with Crippen LogP contribution >= 0.6 is 11.3 Å². The van der Waals surface area contributed by atoms with Crippen LogP contribution in [0.25, 0.3) is 0 Å². The Bertz CT molecular complexity index is 252. The Hall–Kier alpha value is -0.420. The summed E-state index contributed by atoms with van der Waals surface area (Å²) in [6.45, 7) is 5.56. The summed E-state index contributed by atoms with van der Waals surface area (Å²) in [4.78, 5) is 3.77. The summed E-state index contributed by atoms with van der Waals surface area (Å²) in [5.41, 5.74) is 3.46. The van der Waals surface area contributed by atoms with Crippen LogP contribution in [0.4, 0.5) is 0 Å². The molecule has 1 aliphatic rings. The zero-order chi connectivity index (χ0) is 9.80. The third-order valence-corrected chi connectivity index (χ3v) is 3.44. The molecule has 0 saturated carbocycles. The van der Waals surface area contributed by atoms with Crippen LogP contribution in [0.2, 0.25) is 0 Å². The first-order valence-electron chi connectivity index (χ1n) is 5.04. The first-order chi connectivity index (χ1) is 6.84. The molecular formula is C10H17N3S. The monoisotopic (exact) mass is 211 g/mol. The second-order valence-electron chi connectivity index (χ2n) is 3.70. The highest BCUT2D eigenvalue weighted by atomic mass is 32.1. The molecule has 2 heterocycles. The lowest BCUT2D eigenvalue weighted by Gasteiger charge is -2.32. The van der Waals surface area contributed by atoms with Gasteiger partial charge in [0, 0.05) is 37.6 Å². The van der Waals surface area contributed by atoms with E-state index in [1.54, 1.807) is 0 Å². The van der Waals surface area contributed by atoms with Gasteiger partial charge in [-0.05, 0) is 18.5 Å². The molecule has 0 radical (unpaired) electrons. The van der Waals surface area contributed by atoms with E-state index >= 15 is 0 Å². The topological polar surface area (TPSA) is 18.5 Å². The SMILES string of the molecule is CN1CCN(NCc2cccs2)CC1. The molecule has 0 aromatic carbocycles. The molecule has 0 unspecified atom stereocenters. The Morgan fingerprint density at radius 2 is 2.14 bits per heavy atom. The van der Waals surface area contributed by atoms with Gasteiger partial charge in [-0.15, -0.1) is 11.3 Å². The molecule has 1 aromatic heterocycles. The van der Waals surface area contributed by atoms with Crippen molar-refractivity contribution >= 4 is 11.3 Å². The van der Waals surface area contributed by atoms with Gasteiger partial charge in [0.1, 0.15) is 0 Å². The molecule has 0 atom stereocenters. The normalized spacial score (nSPS) is 20.1. The van der Waals surface area contributed by atoms with Gasteiger partial charge in [0.2, 0.25) is 0 Å². The van der Waals surface area contributed by atoms with Crippen molar-refractivity contribution in [2.24, 2.45) is 0 Å². The molecular weight excluding hydrogens is 194 g/mol. The van der Waals surface area contributed by atoms with Crippen molar-refractivity contribution in [3.05, 3.63) is 22.4 Å². The number of hydrazine groups is 1. The fraction of sp³-hybridized carbons (Fsp3) is 0.600. The summed E-state index contributed by atoms with van der Waals surface area (Å²) in [7, 11) is 2.18. The lowest BCUT2D eigenvalue weighted by molar-refractivity contribution is 0.102. The van der Waals surface area contributed by atoms with Crippen LogP contribution < -0.4 is 5.43 Å². The van der Waals surface area contributed by atoms with E-state index in [9.17, 15) is 0 Å². The fourth-order valence-corrected chi connectivity index (χ4v) is 2.20. The average molecular weight is 211 g/mol. The zero-order valence-corrected chi connectivity index (χ0v) is 9.39. The Kier molecular flexibility index (Phi) is 3.53. The second-order valence-corrected chi connectivity index (χ2v) is 4.74. The molecule has 4 heteroatoms. The van der Waals surface area contributed by atoms with Crippen molar-refractivity contribution in [1.29, 1.82) is 0 Å². The number of likely N-dealkylation sites (N-methyl/N-ethyl adjacent to an activating group) is 1. The molecule has 1 aromatic rings. The summed E-state index contributed by atoms with van der Waals surface area (Å²) in [6.07, 6.45) is 0. The van der Waals surface area contributed by atoms with Crippen molar-refractivity contribution in [3.63, 3.8) is 0 Å². The Morgan fingerprint density at radius 1 is 1.36 bits per heavy atom. The minimum atomic E-state index is 0.974. The maximum absolute atomic E-state index is 3.46. The molecule has 1 fully saturated rings. The minimum absolute atomic E-state index is 0.974. The molecule has 3 nitrogen and oxygen atoms in total. The van der Waals surface area contributed by atoms with E-state index in [1.165, 1.54) is 4.88 Å².